The fourth-order valence-electron chi connectivity index (χ4n) is 1.40. The van der Waals surface area contributed by atoms with Gasteiger partial charge in [-0.3, -0.25) is 0 Å². The smallest absolute Gasteiger partial charge is 0.205 e. The van der Waals surface area contributed by atoms with Crippen LogP contribution in [-0.4, -0.2) is 10.2 Å². The van der Waals surface area contributed by atoms with E-state index in [2.05, 4.69) is 46.9 Å². The van der Waals surface area contributed by atoms with Crippen molar-refractivity contribution in [1.29, 1.82) is 0 Å². The molecule has 0 saturated carbocycles. The van der Waals surface area contributed by atoms with Gasteiger partial charge >= 0.3 is 0 Å². The van der Waals surface area contributed by atoms with Crippen LogP contribution in [0.4, 0.5) is 5.13 Å². The van der Waals surface area contributed by atoms with E-state index in [1.165, 1.54) is 16.2 Å². The van der Waals surface area contributed by atoms with Crippen molar-refractivity contribution < 1.29 is 0 Å². The van der Waals surface area contributed by atoms with Crippen LogP contribution < -0.4 is 5.32 Å². The highest BCUT2D eigenvalue weighted by molar-refractivity contribution is 7.13. The predicted molar refractivity (Wildman–Crippen MR) is 65.4 cm³/mol. The molecule has 5 heteroatoms. The van der Waals surface area contributed by atoms with Crippen LogP contribution >= 0.6 is 22.7 Å². The Morgan fingerprint density at radius 1 is 1.33 bits per heavy atom. The van der Waals surface area contributed by atoms with E-state index in [1.54, 1.807) is 16.8 Å². The highest BCUT2D eigenvalue weighted by Gasteiger charge is 2.17. The second-order valence-electron chi connectivity index (χ2n) is 3.63. The van der Waals surface area contributed by atoms with Crippen LogP contribution in [0.15, 0.2) is 23.0 Å². The molecular formula is C10H13N3S2. The molecule has 2 rings (SSSR count). The number of thiophene rings is 1. The molecule has 15 heavy (non-hydrogen) atoms. The summed E-state index contributed by atoms with van der Waals surface area (Å²) in [5.41, 5.74) is 1.74. The Morgan fingerprint density at radius 2 is 2.20 bits per heavy atom. The third kappa shape index (κ3) is 2.54. The van der Waals surface area contributed by atoms with E-state index in [9.17, 15) is 0 Å². The van der Waals surface area contributed by atoms with E-state index in [1.807, 2.05) is 0 Å². The Kier molecular flexibility index (Phi) is 3.33. The number of hydrogen-bond donors (Lipinski definition) is 1. The van der Waals surface area contributed by atoms with Crippen molar-refractivity contribution in [1.82, 2.24) is 10.2 Å². The first-order valence-electron chi connectivity index (χ1n) is 4.83. The summed E-state index contributed by atoms with van der Waals surface area (Å²) in [5.74, 6) is 0.535. The van der Waals surface area contributed by atoms with Gasteiger partial charge < -0.3 is 5.32 Å². The Labute approximate surface area is 97.2 Å². The summed E-state index contributed by atoms with van der Waals surface area (Å²) in [6.45, 7) is 4.41. The van der Waals surface area contributed by atoms with E-state index in [-0.39, 0.29) is 0 Å². The van der Waals surface area contributed by atoms with Gasteiger partial charge in [-0.05, 0) is 17.4 Å². The molecule has 0 aliphatic rings. The van der Waals surface area contributed by atoms with Gasteiger partial charge in [0.15, 0.2) is 0 Å². The number of hydrogen-bond acceptors (Lipinski definition) is 5. The van der Waals surface area contributed by atoms with E-state index in [4.69, 9.17) is 0 Å². The molecule has 2 aromatic rings. The van der Waals surface area contributed by atoms with Gasteiger partial charge in [0.1, 0.15) is 5.51 Å². The molecule has 0 radical (unpaired) electrons. The van der Waals surface area contributed by atoms with Crippen molar-refractivity contribution >= 4 is 27.8 Å². The second kappa shape index (κ2) is 4.72. The molecule has 0 fully saturated rings. The van der Waals surface area contributed by atoms with Crippen LogP contribution in [0.2, 0.25) is 0 Å². The fourth-order valence-corrected chi connectivity index (χ4v) is 2.84. The molecule has 1 N–H and O–H groups in total. The summed E-state index contributed by atoms with van der Waals surface area (Å²) in [6.07, 6.45) is 0. The maximum atomic E-state index is 4.01. The van der Waals surface area contributed by atoms with Gasteiger partial charge in [-0.25, -0.2) is 0 Å². The average molecular weight is 239 g/mol. The molecule has 0 spiro atoms. The van der Waals surface area contributed by atoms with Crippen LogP contribution in [0.25, 0.3) is 0 Å². The Morgan fingerprint density at radius 3 is 2.73 bits per heavy atom. The molecule has 0 bridgehead atoms. The molecule has 0 saturated heterocycles. The van der Waals surface area contributed by atoms with Crippen molar-refractivity contribution in [2.45, 2.75) is 19.9 Å². The summed E-state index contributed by atoms with van der Waals surface area (Å²) in [4.78, 5) is 1.35. The van der Waals surface area contributed by atoms with Crippen molar-refractivity contribution in [3.05, 3.63) is 27.9 Å². The lowest BCUT2D eigenvalue weighted by Gasteiger charge is -2.20. The number of nitrogens with zero attached hydrogens (tertiary/aromatic N) is 2. The maximum Gasteiger partial charge on any atom is 0.205 e. The molecule has 1 atom stereocenters. The quantitative estimate of drug-likeness (QED) is 0.888. The SMILES string of the molecule is CC(C)C(Nc1nncs1)c1cccs1. The van der Waals surface area contributed by atoms with Gasteiger partial charge in [-0.1, -0.05) is 31.3 Å². The van der Waals surface area contributed by atoms with E-state index < -0.39 is 0 Å². The van der Waals surface area contributed by atoms with Gasteiger partial charge in [0.05, 0.1) is 6.04 Å². The van der Waals surface area contributed by atoms with Crippen molar-refractivity contribution in [2.75, 3.05) is 5.32 Å². The molecule has 0 aliphatic carbocycles. The van der Waals surface area contributed by atoms with Crippen LogP contribution in [-0.2, 0) is 0 Å². The Balaban J connectivity index is 2.14. The molecule has 2 heterocycles. The standard InChI is InChI=1S/C10H13N3S2/c1-7(2)9(8-4-3-5-14-8)12-10-13-11-6-15-10/h3-7,9H,1-2H3,(H,12,13). The fraction of sp³-hybridized carbons (Fsp3) is 0.400. The van der Waals surface area contributed by atoms with Crippen LogP contribution in [0, 0.1) is 5.92 Å². The molecule has 80 valence electrons. The molecule has 0 amide bonds. The average Bonchev–Trinajstić information content (AvgIpc) is 2.87. The third-order valence-electron chi connectivity index (χ3n) is 2.16. The molecule has 3 nitrogen and oxygen atoms in total. The minimum absolute atomic E-state index is 0.331. The largest absolute Gasteiger partial charge is 0.352 e. The van der Waals surface area contributed by atoms with Crippen molar-refractivity contribution in [2.24, 2.45) is 5.92 Å². The number of aromatic nitrogens is 2. The lowest BCUT2D eigenvalue weighted by molar-refractivity contribution is 0.553. The molecule has 2 aromatic heterocycles. The van der Waals surface area contributed by atoms with Crippen molar-refractivity contribution in [3.63, 3.8) is 0 Å². The topological polar surface area (TPSA) is 37.8 Å². The van der Waals surface area contributed by atoms with Crippen LogP contribution in [0.1, 0.15) is 24.8 Å². The first-order valence-corrected chi connectivity index (χ1v) is 6.59. The van der Waals surface area contributed by atoms with Gasteiger partial charge in [0, 0.05) is 4.88 Å². The lowest BCUT2D eigenvalue weighted by atomic mass is 10.0. The zero-order valence-electron chi connectivity index (χ0n) is 8.68. The first kappa shape index (κ1) is 10.6. The highest BCUT2D eigenvalue weighted by atomic mass is 32.1. The van der Waals surface area contributed by atoms with E-state index in [0.29, 0.717) is 12.0 Å². The normalized spacial score (nSPS) is 13.0. The lowest BCUT2D eigenvalue weighted by Crippen LogP contribution is -2.15. The van der Waals surface area contributed by atoms with Crippen LogP contribution in [0.5, 0.6) is 0 Å². The van der Waals surface area contributed by atoms with Gasteiger partial charge in [0.25, 0.3) is 0 Å². The van der Waals surface area contributed by atoms with E-state index in [0.717, 1.165) is 5.13 Å². The maximum absolute atomic E-state index is 4.01. The zero-order chi connectivity index (χ0) is 10.7. The predicted octanol–water partition coefficient (Wildman–Crippen LogP) is 3.41. The molecule has 1 unspecified atom stereocenters. The van der Waals surface area contributed by atoms with Gasteiger partial charge in [-0.15, -0.1) is 21.5 Å². The summed E-state index contributed by atoms with van der Waals surface area (Å²) in [7, 11) is 0. The minimum atomic E-state index is 0.331. The zero-order valence-corrected chi connectivity index (χ0v) is 10.3. The second-order valence-corrected chi connectivity index (χ2v) is 5.44. The monoisotopic (exact) mass is 239 g/mol. The molecule has 0 aliphatic heterocycles. The number of anilines is 1. The molecular weight excluding hydrogens is 226 g/mol. The third-order valence-corrected chi connectivity index (χ3v) is 3.73. The van der Waals surface area contributed by atoms with Gasteiger partial charge in [-0.2, -0.15) is 0 Å². The molecule has 0 aromatic carbocycles. The first-order chi connectivity index (χ1) is 7.27. The van der Waals surface area contributed by atoms with Crippen LogP contribution in [0.3, 0.4) is 0 Å². The summed E-state index contributed by atoms with van der Waals surface area (Å²) in [6, 6.07) is 4.57. The van der Waals surface area contributed by atoms with Gasteiger partial charge in [0.2, 0.25) is 5.13 Å². The number of nitrogens with one attached hydrogen (secondary N) is 1. The number of rotatable bonds is 4. The highest BCUT2D eigenvalue weighted by Crippen LogP contribution is 2.29. The van der Waals surface area contributed by atoms with Crippen molar-refractivity contribution in [3.8, 4) is 0 Å². The summed E-state index contributed by atoms with van der Waals surface area (Å²) < 4.78 is 0. The Hall–Kier alpha value is -0.940. The summed E-state index contributed by atoms with van der Waals surface area (Å²) >= 11 is 3.31. The minimum Gasteiger partial charge on any atom is -0.352 e. The Bertz CT molecular complexity index is 381. The summed E-state index contributed by atoms with van der Waals surface area (Å²) in [5, 5.41) is 14.2. The van der Waals surface area contributed by atoms with E-state index >= 15 is 0 Å².